The Balaban J connectivity index is 1.73. The maximum Gasteiger partial charge on any atom is 0.126 e. The zero-order valence-electron chi connectivity index (χ0n) is 13.4. The van der Waals surface area contributed by atoms with Crippen LogP contribution in [-0.4, -0.2) is 0 Å². The first-order chi connectivity index (χ1) is 11.6. The van der Waals surface area contributed by atoms with Gasteiger partial charge in [-0.3, -0.25) is 0 Å². The summed E-state index contributed by atoms with van der Waals surface area (Å²) < 4.78 is 27.0. The van der Waals surface area contributed by atoms with Crippen molar-refractivity contribution in [1.29, 1.82) is 0 Å². The lowest BCUT2D eigenvalue weighted by atomic mass is 9.78. The molecule has 0 N–H and O–H groups in total. The summed E-state index contributed by atoms with van der Waals surface area (Å²) in [5, 5.41) is 2.50. The normalized spacial score (nSPS) is 16.8. The van der Waals surface area contributed by atoms with Crippen LogP contribution in [-0.2, 0) is 12.8 Å². The fraction of sp³-hybridized carbons (Fsp3) is 0.182. The third-order valence-electron chi connectivity index (χ3n) is 5.05. The Kier molecular flexibility index (Phi) is 3.68. The van der Waals surface area contributed by atoms with Gasteiger partial charge >= 0.3 is 0 Å². The number of hydrogen-bond donors (Lipinski definition) is 0. The topological polar surface area (TPSA) is 0 Å². The average molecular weight is 320 g/mol. The van der Waals surface area contributed by atoms with Gasteiger partial charge in [0.1, 0.15) is 11.6 Å². The molecule has 3 aromatic carbocycles. The largest absolute Gasteiger partial charge is 0.207 e. The molecule has 2 heteroatoms. The van der Waals surface area contributed by atoms with Gasteiger partial charge in [0.2, 0.25) is 0 Å². The molecular weight excluding hydrogens is 302 g/mol. The second-order valence-electron chi connectivity index (χ2n) is 6.53. The van der Waals surface area contributed by atoms with Gasteiger partial charge in [0.25, 0.3) is 0 Å². The Morgan fingerprint density at radius 2 is 1.75 bits per heavy atom. The van der Waals surface area contributed by atoms with E-state index in [2.05, 4.69) is 36.9 Å². The molecular formula is C22H18F2. The van der Waals surface area contributed by atoms with E-state index >= 15 is 0 Å². The van der Waals surface area contributed by atoms with Gasteiger partial charge in [-0.05, 0) is 76.4 Å². The van der Waals surface area contributed by atoms with Gasteiger partial charge in [0, 0.05) is 6.07 Å². The van der Waals surface area contributed by atoms with Crippen molar-refractivity contribution >= 4 is 16.8 Å². The van der Waals surface area contributed by atoms with Crippen molar-refractivity contribution < 1.29 is 8.78 Å². The van der Waals surface area contributed by atoms with E-state index in [4.69, 9.17) is 0 Å². The standard InChI is InChI=1S/C22H18F2/c1-2-14-3-7-21-16(9-14)4-5-17-10-15(6-8-22(17)21)18-11-19(23)13-20(24)12-18/h2-5,7,9,11-13,15H,1,6,8,10H2. The third kappa shape index (κ3) is 2.62. The van der Waals surface area contributed by atoms with E-state index in [9.17, 15) is 8.78 Å². The molecule has 0 bridgehead atoms. The smallest absolute Gasteiger partial charge is 0.126 e. The van der Waals surface area contributed by atoms with Gasteiger partial charge in [-0.1, -0.05) is 36.9 Å². The number of hydrogen-bond acceptors (Lipinski definition) is 0. The van der Waals surface area contributed by atoms with E-state index in [1.165, 1.54) is 34.0 Å². The van der Waals surface area contributed by atoms with Crippen molar-refractivity contribution in [2.24, 2.45) is 0 Å². The monoisotopic (exact) mass is 320 g/mol. The summed E-state index contributed by atoms with van der Waals surface area (Å²) in [7, 11) is 0. The second-order valence-corrected chi connectivity index (χ2v) is 6.53. The van der Waals surface area contributed by atoms with Gasteiger partial charge in [0.15, 0.2) is 0 Å². The molecule has 120 valence electrons. The molecule has 3 aromatic rings. The summed E-state index contributed by atoms with van der Waals surface area (Å²) in [6.45, 7) is 3.82. The third-order valence-corrected chi connectivity index (χ3v) is 5.05. The first-order valence-corrected chi connectivity index (χ1v) is 8.27. The molecule has 1 aliphatic carbocycles. The summed E-state index contributed by atoms with van der Waals surface area (Å²) in [6, 6.07) is 14.6. The summed E-state index contributed by atoms with van der Waals surface area (Å²) in [5.41, 5.74) is 4.54. The molecule has 1 aliphatic rings. The maximum atomic E-state index is 13.5. The van der Waals surface area contributed by atoms with Crippen molar-refractivity contribution in [2.45, 2.75) is 25.2 Å². The lowest BCUT2D eigenvalue weighted by Gasteiger charge is -2.26. The average Bonchev–Trinajstić information content (AvgIpc) is 2.59. The minimum Gasteiger partial charge on any atom is -0.207 e. The fourth-order valence-corrected chi connectivity index (χ4v) is 3.85. The first-order valence-electron chi connectivity index (χ1n) is 8.27. The van der Waals surface area contributed by atoms with Crippen LogP contribution in [0, 0.1) is 11.6 Å². The molecule has 0 aliphatic heterocycles. The van der Waals surface area contributed by atoms with Gasteiger partial charge in [-0.25, -0.2) is 8.78 Å². The van der Waals surface area contributed by atoms with Crippen LogP contribution in [0.2, 0.25) is 0 Å². The maximum absolute atomic E-state index is 13.5. The van der Waals surface area contributed by atoms with Crippen LogP contribution in [0.1, 0.15) is 34.6 Å². The van der Waals surface area contributed by atoms with Crippen LogP contribution >= 0.6 is 0 Å². The van der Waals surface area contributed by atoms with E-state index in [1.54, 1.807) is 0 Å². The quantitative estimate of drug-likeness (QED) is 0.540. The Morgan fingerprint density at radius 1 is 0.958 bits per heavy atom. The summed E-state index contributed by atoms with van der Waals surface area (Å²) in [4.78, 5) is 0. The van der Waals surface area contributed by atoms with E-state index in [-0.39, 0.29) is 5.92 Å². The van der Waals surface area contributed by atoms with Crippen LogP contribution < -0.4 is 0 Å². The van der Waals surface area contributed by atoms with E-state index in [0.717, 1.165) is 36.5 Å². The van der Waals surface area contributed by atoms with E-state index in [1.807, 2.05) is 6.08 Å². The Morgan fingerprint density at radius 3 is 2.50 bits per heavy atom. The predicted molar refractivity (Wildman–Crippen MR) is 95.2 cm³/mol. The predicted octanol–water partition coefficient (Wildman–Crippen LogP) is 6.03. The lowest BCUT2D eigenvalue weighted by molar-refractivity contribution is 0.551. The highest BCUT2D eigenvalue weighted by Gasteiger charge is 2.22. The highest BCUT2D eigenvalue weighted by Crippen LogP contribution is 2.36. The van der Waals surface area contributed by atoms with Gasteiger partial charge < -0.3 is 0 Å². The summed E-state index contributed by atoms with van der Waals surface area (Å²) in [6.07, 6.45) is 4.53. The van der Waals surface area contributed by atoms with E-state index < -0.39 is 11.6 Å². The minimum absolute atomic E-state index is 0.174. The van der Waals surface area contributed by atoms with Crippen LogP contribution in [0.15, 0.2) is 55.1 Å². The molecule has 0 fully saturated rings. The molecule has 0 heterocycles. The second kappa shape index (κ2) is 5.86. The molecule has 0 saturated heterocycles. The molecule has 0 spiro atoms. The van der Waals surface area contributed by atoms with Gasteiger partial charge in [-0.2, -0.15) is 0 Å². The SMILES string of the molecule is C=Cc1ccc2c3c(ccc2c1)CC(c1cc(F)cc(F)c1)CC3. The molecule has 0 amide bonds. The molecule has 1 unspecified atom stereocenters. The Bertz CT molecular complexity index is 920. The first kappa shape index (κ1) is 15.1. The van der Waals surface area contributed by atoms with E-state index in [0.29, 0.717) is 0 Å². The zero-order chi connectivity index (χ0) is 16.7. The van der Waals surface area contributed by atoms with Crippen molar-refractivity contribution in [3.8, 4) is 0 Å². The molecule has 1 atom stereocenters. The fourth-order valence-electron chi connectivity index (χ4n) is 3.85. The number of benzene rings is 3. The number of rotatable bonds is 2. The molecule has 4 rings (SSSR count). The minimum atomic E-state index is -0.494. The highest BCUT2D eigenvalue weighted by atomic mass is 19.1. The van der Waals surface area contributed by atoms with Crippen LogP contribution in [0.4, 0.5) is 8.78 Å². The van der Waals surface area contributed by atoms with Crippen molar-refractivity contribution in [3.05, 3.63) is 89.0 Å². The van der Waals surface area contributed by atoms with Crippen molar-refractivity contribution in [3.63, 3.8) is 0 Å². The van der Waals surface area contributed by atoms with Gasteiger partial charge in [0.05, 0.1) is 0 Å². The van der Waals surface area contributed by atoms with Crippen molar-refractivity contribution in [2.75, 3.05) is 0 Å². The summed E-state index contributed by atoms with van der Waals surface area (Å²) in [5.74, 6) is -0.815. The Hall–Kier alpha value is -2.48. The zero-order valence-corrected chi connectivity index (χ0v) is 13.4. The number of fused-ring (bicyclic) bond motifs is 3. The Labute approximate surface area is 140 Å². The lowest BCUT2D eigenvalue weighted by Crippen LogP contribution is -2.13. The molecule has 0 saturated carbocycles. The highest BCUT2D eigenvalue weighted by molar-refractivity contribution is 5.88. The van der Waals surface area contributed by atoms with Crippen LogP contribution in [0.3, 0.4) is 0 Å². The molecule has 0 aromatic heterocycles. The molecule has 0 nitrogen and oxygen atoms in total. The number of aryl methyl sites for hydroxylation is 1. The molecule has 0 radical (unpaired) electrons. The van der Waals surface area contributed by atoms with Crippen molar-refractivity contribution in [1.82, 2.24) is 0 Å². The summed E-state index contributed by atoms with van der Waals surface area (Å²) >= 11 is 0. The van der Waals surface area contributed by atoms with Gasteiger partial charge in [-0.15, -0.1) is 0 Å². The van der Waals surface area contributed by atoms with Crippen LogP contribution in [0.25, 0.3) is 16.8 Å². The molecule has 24 heavy (non-hydrogen) atoms. The number of halogens is 2. The van der Waals surface area contributed by atoms with Crippen LogP contribution in [0.5, 0.6) is 0 Å².